The quantitative estimate of drug-likeness (QED) is 0.454. The molecule has 0 saturated carbocycles. The van der Waals surface area contributed by atoms with Gasteiger partial charge in [0.15, 0.2) is 16.6 Å². The zero-order valence-corrected chi connectivity index (χ0v) is 14.4. The Morgan fingerprint density at radius 1 is 1.23 bits per heavy atom. The number of hydrazone groups is 1. The number of ether oxygens (including phenoxy) is 3. The highest BCUT2D eigenvalue weighted by Crippen LogP contribution is 2.27. The Balaban J connectivity index is 2.70. The van der Waals surface area contributed by atoms with Crippen molar-refractivity contribution in [3.63, 3.8) is 0 Å². The third-order valence-electron chi connectivity index (χ3n) is 2.92. The van der Waals surface area contributed by atoms with Crippen LogP contribution in [0.4, 0.5) is 0 Å². The largest absolute Gasteiger partial charge is 0.493 e. The summed E-state index contributed by atoms with van der Waals surface area (Å²) in [6.07, 6.45) is 0. The summed E-state index contributed by atoms with van der Waals surface area (Å²) in [6.45, 7) is 4.43. The van der Waals surface area contributed by atoms with Crippen molar-refractivity contribution in [3.8, 4) is 11.5 Å². The second-order valence-electron chi connectivity index (χ2n) is 4.71. The highest BCUT2D eigenvalue weighted by molar-refractivity contribution is 7.80. The van der Waals surface area contributed by atoms with Crippen molar-refractivity contribution in [2.45, 2.75) is 19.9 Å². The van der Waals surface area contributed by atoms with Crippen molar-refractivity contribution in [1.82, 2.24) is 10.7 Å². The van der Waals surface area contributed by atoms with Gasteiger partial charge in [0.2, 0.25) is 0 Å². The van der Waals surface area contributed by atoms with E-state index in [1.165, 1.54) is 0 Å². The normalized spacial score (nSPS) is 12.5. The first-order valence-corrected chi connectivity index (χ1v) is 7.24. The molecule has 0 aromatic heterocycles. The predicted molar refractivity (Wildman–Crippen MR) is 92.0 cm³/mol. The second kappa shape index (κ2) is 9.22. The van der Waals surface area contributed by atoms with Crippen molar-refractivity contribution in [2.24, 2.45) is 5.10 Å². The molecule has 0 spiro atoms. The fourth-order valence-corrected chi connectivity index (χ4v) is 2.06. The van der Waals surface area contributed by atoms with E-state index < -0.39 is 0 Å². The number of nitrogens with zero attached hydrogens (tertiary/aromatic N) is 1. The summed E-state index contributed by atoms with van der Waals surface area (Å²) in [4.78, 5) is 0. The van der Waals surface area contributed by atoms with Crippen molar-refractivity contribution >= 4 is 23.0 Å². The molecule has 1 aromatic rings. The van der Waals surface area contributed by atoms with Gasteiger partial charge in [-0.25, -0.2) is 0 Å². The van der Waals surface area contributed by atoms with Crippen LogP contribution in [0.3, 0.4) is 0 Å². The average Bonchev–Trinajstić information content (AvgIpc) is 2.52. The predicted octanol–water partition coefficient (Wildman–Crippen LogP) is 1.93. The van der Waals surface area contributed by atoms with Crippen LogP contribution in [0.2, 0.25) is 0 Å². The van der Waals surface area contributed by atoms with Crippen LogP contribution in [0, 0.1) is 0 Å². The molecule has 0 heterocycles. The molecule has 0 aliphatic rings. The van der Waals surface area contributed by atoms with Crippen LogP contribution in [-0.4, -0.2) is 44.8 Å². The van der Waals surface area contributed by atoms with Crippen molar-refractivity contribution in [2.75, 3.05) is 27.9 Å². The molecule has 6 nitrogen and oxygen atoms in total. The maximum absolute atomic E-state index is 5.28. The van der Waals surface area contributed by atoms with Crippen LogP contribution in [0.1, 0.15) is 19.4 Å². The first-order valence-electron chi connectivity index (χ1n) is 6.84. The summed E-state index contributed by atoms with van der Waals surface area (Å²) in [5, 5.41) is 7.78. The minimum absolute atomic E-state index is 0.113. The van der Waals surface area contributed by atoms with Gasteiger partial charge in [0.05, 0.1) is 26.5 Å². The number of nitrogens with one attached hydrogen (secondary N) is 2. The zero-order valence-electron chi connectivity index (χ0n) is 13.6. The molecule has 0 amide bonds. The smallest absolute Gasteiger partial charge is 0.187 e. The van der Waals surface area contributed by atoms with E-state index >= 15 is 0 Å². The van der Waals surface area contributed by atoms with Gasteiger partial charge in [0.25, 0.3) is 0 Å². The van der Waals surface area contributed by atoms with Crippen molar-refractivity contribution in [1.29, 1.82) is 0 Å². The molecule has 0 saturated heterocycles. The maximum Gasteiger partial charge on any atom is 0.187 e. The summed E-state index contributed by atoms with van der Waals surface area (Å²) in [5.74, 6) is 1.33. The molecule has 122 valence electrons. The monoisotopic (exact) mass is 325 g/mol. The second-order valence-corrected chi connectivity index (χ2v) is 5.12. The number of benzene rings is 1. The van der Waals surface area contributed by atoms with Crippen LogP contribution < -0.4 is 20.2 Å². The first-order chi connectivity index (χ1) is 10.5. The van der Waals surface area contributed by atoms with E-state index in [0.717, 1.165) is 11.3 Å². The minimum Gasteiger partial charge on any atom is -0.493 e. The van der Waals surface area contributed by atoms with Crippen LogP contribution in [0.5, 0.6) is 11.5 Å². The lowest BCUT2D eigenvalue weighted by atomic mass is 10.1. The average molecular weight is 325 g/mol. The van der Waals surface area contributed by atoms with Gasteiger partial charge in [-0.15, -0.1) is 0 Å². The van der Waals surface area contributed by atoms with E-state index in [-0.39, 0.29) is 6.04 Å². The Labute approximate surface area is 136 Å². The summed E-state index contributed by atoms with van der Waals surface area (Å²) in [7, 11) is 4.85. The number of hydrogen-bond acceptors (Lipinski definition) is 5. The van der Waals surface area contributed by atoms with Gasteiger partial charge in [-0.3, -0.25) is 5.43 Å². The maximum atomic E-state index is 5.28. The zero-order chi connectivity index (χ0) is 16.5. The topological polar surface area (TPSA) is 64.1 Å². The Morgan fingerprint density at radius 3 is 2.50 bits per heavy atom. The summed E-state index contributed by atoms with van der Waals surface area (Å²) in [5.41, 5.74) is 4.51. The molecule has 1 atom stereocenters. The minimum atomic E-state index is 0.113. The van der Waals surface area contributed by atoms with Gasteiger partial charge < -0.3 is 19.5 Å². The van der Waals surface area contributed by atoms with E-state index in [1.54, 1.807) is 21.3 Å². The highest BCUT2D eigenvalue weighted by atomic mass is 32.1. The number of methoxy groups -OCH3 is 3. The molecule has 2 N–H and O–H groups in total. The van der Waals surface area contributed by atoms with Gasteiger partial charge in [0, 0.05) is 18.7 Å². The fraction of sp³-hybridized carbons (Fsp3) is 0.467. The molecule has 0 unspecified atom stereocenters. The summed E-state index contributed by atoms with van der Waals surface area (Å²) < 4.78 is 15.5. The molecule has 7 heteroatoms. The molecule has 0 radical (unpaired) electrons. The number of hydrogen-bond donors (Lipinski definition) is 2. The van der Waals surface area contributed by atoms with Gasteiger partial charge >= 0.3 is 0 Å². The standard InChI is InChI=1S/C15H23N3O3S/c1-10(9-19-3)16-15(22)18-17-11(2)12-6-7-13(20-4)14(8-12)21-5/h6-8,10H,9H2,1-5H3,(H2,16,18,22)/b17-11-/t10-/m1/s1. The Morgan fingerprint density at radius 2 is 1.91 bits per heavy atom. The van der Waals surface area contributed by atoms with Crippen LogP contribution in [0.15, 0.2) is 23.3 Å². The molecule has 1 aromatic carbocycles. The van der Waals surface area contributed by atoms with Gasteiger partial charge in [-0.1, -0.05) is 0 Å². The third kappa shape index (κ3) is 5.50. The molecule has 22 heavy (non-hydrogen) atoms. The molecular formula is C15H23N3O3S. The van der Waals surface area contributed by atoms with E-state index in [2.05, 4.69) is 15.8 Å². The SMILES string of the molecule is COC[C@@H](C)NC(=S)N/N=C(/C)c1ccc(OC)c(OC)c1. The Bertz CT molecular complexity index is 535. The molecule has 0 aliphatic carbocycles. The Kier molecular flexibility index (Phi) is 7.62. The lowest BCUT2D eigenvalue weighted by Crippen LogP contribution is -2.40. The molecule has 1 rings (SSSR count). The number of thiocarbonyl (C=S) groups is 1. The molecule has 0 bridgehead atoms. The number of rotatable bonds is 7. The van der Waals surface area contributed by atoms with Crippen molar-refractivity contribution < 1.29 is 14.2 Å². The molecule has 0 aliphatic heterocycles. The fourth-order valence-electron chi connectivity index (χ4n) is 1.81. The van der Waals surface area contributed by atoms with Crippen LogP contribution in [-0.2, 0) is 4.74 Å². The lowest BCUT2D eigenvalue weighted by Gasteiger charge is -2.14. The van der Waals surface area contributed by atoms with Gasteiger partial charge in [-0.05, 0) is 44.3 Å². The van der Waals surface area contributed by atoms with Crippen molar-refractivity contribution in [3.05, 3.63) is 23.8 Å². The van der Waals surface area contributed by atoms with E-state index in [0.29, 0.717) is 23.2 Å². The first kappa shape index (κ1) is 18.2. The summed E-state index contributed by atoms with van der Waals surface area (Å²) in [6, 6.07) is 5.72. The Hall–Kier alpha value is -1.86. The lowest BCUT2D eigenvalue weighted by molar-refractivity contribution is 0.179. The van der Waals surface area contributed by atoms with E-state index in [9.17, 15) is 0 Å². The van der Waals surface area contributed by atoms with Crippen LogP contribution >= 0.6 is 12.2 Å². The van der Waals surface area contributed by atoms with Gasteiger partial charge in [-0.2, -0.15) is 5.10 Å². The summed E-state index contributed by atoms with van der Waals surface area (Å²) >= 11 is 5.17. The molecular weight excluding hydrogens is 302 g/mol. The van der Waals surface area contributed by atoms with Crippen LogP contribution in [0.25, 0.3) is 0 Å². The third-order valence-corrected chi connectivity index (χ3v) is 3.13. The van der Waals surface area contributed by atoms with E-state index in [4.69, 9.17) is 26.4 Å². The van der Waals surface area contributed by atoms with E-state index in [1.807, 2.05) is 32.0 Å². The highest BCUT2D eigenvalue weighted by Gasteiger charge is 2.07. The van der Waals surface area contributed by atoms with Gasteiger partial charge in [0.1, 0.15) is 0 Å². The molecule has 0 fully saturated rings.